The van der Waals surface area contributed by atoms with Gasteiger partial charge in [-0.25, -0.2) is 4.79 Å². The molecule has 0 aliphatic carbocycles. The standard InChI is InChI=1S/C21H20O5/c1-23-11-12-25-20-6-4-3-5-19(20)21(22)26-18-10-8-15-7-9-17(24-2)13-16(15)14-18/h3-10,13-14H,11-12H2,1-2H3. The largest absolute Gasteiger partial charge is 0.497 e. The number of fused-ring (bicyclic) bond motifs is 1. The highest BCUT2D eigenvalue weighted by molar-refractivity contribution is 5.94. The summed E-state index contributed by atoms with van der Waals surface area (Å²) in [6.45, 7) is 0.798. The molecule has 0 atom stereocenters. The number of rotatable bonds is 7. The van der Waals surface area contributed by atoms with Crippen molar-refractivity contribution in [3.63, 3.8) is 0 Å². The van der Waals surface area contributed by atoms with Gasteiger partial charge >= 0.3 is 5.97 Å². The molecule has 3 aromatic carbocycles. The third-order valence-electron chi connectivity index (χ3n) is 3.88. The lowest BCUT2D eigenvalue weighted by Crippen LogP contribution is -2.12. The van der Waals surface area contributed by atoms with Crippen molar-refractivity contribution in [2.75, 3.05) is 27.4 Å². The Balaban J connectivity index is 1.80. The van der Waals surface area contributed by atoms with Gasteiger partial charge in [-0.1, -0.05) is 24.3 Å². The molecule has 0 N–H and O–H groups in total. The molecule has 26 heavy (non-hydrogen) atoms. The lowest BCUT2D eigenvalue weighted by atomic mass is 10.1. The second-order valence-electron chi connectivity index (χ2n) is 5.60. The Morgan fingerprint density at radius 2 is 1.58 bits per heavy atom. The zero-order chi connectivity index (χ0) is 18.4. The molecule has 0 unspecified atom stereocenters. The van der Waals surface area contributed by atoms with Gasteiger partial charge in [0.1, 0.15) is 29.4 Å². The van der Waals surface area contributed by atoms with Crippen LogP contribution in [-0.4, -0.2) is 33.4 Å². The molecule has 3 rings (SSSR count). The fourth-order valence-corrected chi connectivity index (χ4v) is 2.55. The van der Waals surface area contributed by atoms with Crippen LogP contribution in [0.2, 0.25) is 0 Å². The Kier molecular flexibility index (Phi) is 5.71. The minimum atomic E-state index is -0.472. The number of hydrogen-bond acceptors (Lipinski definition) is 5. The molecule has 0 fully saturated rings. The normalized spacial score (nSPS) is 10.5. The van der Waals surface area contributed by atoms with Gasteiger partial charge in [-0.05, 0) is 47.2 Å². The molecular weight excluding hydrogens is 332 g/mol. The molecule has 0 bridgehead atoms. The third kappa shape index (κ3) is 4.13. The van der Waals surface area contributed by atoms with Crippen molar-refractivity contribution in [1.82, 2.24) is 0 Å². The Morgan fingerprint density at radius 3 is 2.35 bits per heavy atom. The number of para-hydroxylation sites is 1. The van der Waals surface area contributed by atoms with E-state index in [2.05, 4.69) is 0 Å². The van der Waals surface area contributed by atoms with Crippen molar-refractivity contribution >= 4 is 16.7 Å². The molecule has 5 nitrogen and oxygen atoms in total. The van der Waals surface area contributed by atoms with Gasteiger partial charge in [-0.3, -0.25) is 0 Å². The molecule has 0 heterocycles. The van der Waals surface area contributed by atoms with Gasteiger partial charge in [0.05, 0.1) is 13.7 Å². The summed E-state index contributed by atoms with van der Waals surface area (Å²) in [6.07, 6.45) is 0. The molecule has 0 aliphatic heterocycles. The van der Waals surface area contributed by atoms with E-state index >= 15 is 0 Å². The van der Waals surface area contributed by atoms with Crippen molar-refractivity contribution < 1.29 is 23.7 Å². The summed E-state index contributed by atoms with van der Waals surface area (Å²) in [5, 5.41) is 1.97. The predicted octanol–water partition coefficient (Wildman–Crippen LogP) is 4.09. The van der Waals surface area contributed by atoms with Gasteiger partial charge in [0.25, 0.3) is 0 Å². The number of esters is 1. The Hall–Kier alpha value is -3.05. The number of hydrogen-bond donors (Lipinski definition) is 0. The smallest absolute Gasteiger partial charge is 0.347 e. The van der Waals surface area contributed by atoms with Crippen LogP contribution >= 0.6 is 0 Å². The first-order chi connectivity index (χ1) is 12.7. The average Bonchev–Trinajstić information content (AvgIpc) is 2.68. The Morgan fingerprint density at radius 1 is 0.846 bits per heavy atom. The summed E-state index contributed by atoms with van der Waals surface area (Å²) >= 11 is 0. The first-order valence-electron chi connectivity index (χ1n) is 8.22. The predicted molar refractivity (Wildman–Crippen MR) is 99.3 cm³/mol. The van der Waals surface area contributed by atoms with Gasteiger partial charge in [-0.2, -0.15) is 0 Å². The maximum atomic E-state index is 12.6. The zero-order valence-electron chi connectivity index (χ0n) is 14.7. The molecule has 0 aromatic heterocycles. The average molecular weight is 352 g/mol. The fraction of sp³-hybridized carbons (Fsp3) is 0.190. The quantitative estimate of drug-likeness (QED) is 0.364. The zero-order valence-corrected chi connectivity index (χ0v) is 14.7. The van der Waals surface area contributed by atoms with Crippen molar-refractivity contribution in [1.29, 1.82) is 0 Å². The number of carbonyl (C=O) groups excluding carboxylic acids is 1. The van der Waals surface area contributed by atoms with Crippen molar-refractivity contribution in [3.8, 4) is 17.2 Å². The third-order valence-corrected chi connectivity index (χ3v) is 3.88. The molecule has 0 saturated carbocycles. The van der Waals surface area contributed by atoms with Crippen LogP contribution < -0.4 is 14.2 Å². The van der Waals surface area contributed by atoms with Gasteiger partial charge in [0, 0.05) is 7.11 Å². The molecule has 134 valence electrons. The Bertz CT molecular complexity index is 904. The van der Waals surface area contributed by atoms with Crippen LogP contribution in [0, 0.1) is 0 Å². The van der Waals surface area contributed by atoms with E-state index in [1.807, 2.05) is 30.3 Å². The van der Waals surface area contributed by atoms with Gasteiger partial charge in [0.15, 0.2) is 0 Å². The van der Waals surface area contributed by atoms with Crippen LogP contribution in [0.4, 0.5) is 0 Å². The first-order valence-corrected chi connectivity index (χ1v) is 8.22. The van der Waals surface area contributed by atoms with Crippen LogP contribution in [0.1, 0.15) is 10.4 Å². The number of ether oxygens (including phenoxy) is 4. The monoisotopic (exact) mass is 352 g/mol. The van der Waals surface area contributed by atoms with Crippen LogP contribution in [-0.2, 0) is 4.74 Å². The first kappa shape index (κ1) is 17.8. The van der Waals surface area contributed by atoms with Crippen molar-refractivity contribution in [3.05, 3.63) is 66.2 Å². The maximum absolute atomic E-state index is 12.6. The summed E-state index contributed by atoms with van der Waals surface area (Å²) in [6, 6.07) is 18.2. The number of carbonyl (C=O) groups is 1. The lowest BCUT2D eigenvalue weighted by molar-refractivity contribution is 0.0727. The molecule has 5 heteroatoms. The van der Waals surface area contributed by atoms with Crippen molar-refractivity contribution in [2.45, 2.75) is 0 Å². The van der Waals surface area contributed by atoms with Crippen LogP contribution in [0.3, 0.4) is 0 Å². The molecule has 0 spiro atoms. The minimum absolute atomic E-state index is 0.358. The molecule has 0 amide bonds. The fourth-order valence-electron chi connectivity index (χ4n) is 2.55. The molecular formula is C21H20O5. The van der Waals surface area contributed by atoms with E-state index in [4.69, 9.17) is 18.9 Å². The SMILES string of the molecule is COCCOc1ccccc1C(=O)Oc1ccc2ccc(OC)cc2c1. The van der Waals surface area contributed by atoms with E-state index in [1.54, 1.807) is 44.6 Å². The van der Waals surface area contributed by atoms with E-state index in [9.17, 15) is 4.79 Å². The van der Waals surface area contributed by atoms with Crippen LogP contribution in [0.15, 0.2) is 60.7 Å². The van der Waals surface area contributed by atoms with Crippen LogP contribution in [0.5, 0.6) is 17.2 Å². The summed E-state index contributed by atoms with van der Waals surface area (Å²) < 4.78 is 21.3. The maximum Gasteiger partial charge on any atom is 0.347 e. The van der Waals surface area contributed by atoms with E-state index < -0.39 is 5.97 Å². The van der Waals surface area contributed by atoms with Crippen molar-refractivity contribution in [2.24, 2.45) is 0 Å². The van der Waals surface area contributed by atoms with Gasteiger partial charge in [-0.15, -0.1) is 0 Å². The highest BCUT2D eigenvalue weighted by Gasteiger charge is 2.15. The number of benzene rings is 3. The second kappa shape index (κ2) is 8.36. The number of methoxy groups -OCH3 is 2. The summed E-state index contributed by atoms with van der Waals surface area (Å²) in [4.78, 5) is 12.6. The van der Waals surface area contributed by atoms with Crippen LogP contribution in [0.25, 0.3) is 10.8 Å². The topological polar surface area (TPSA) is 54.0 Å². The highest BCUT2D eigenvalue weighted by atomic mass is 16.5. The summed E-state index contributed by atoms with van der Waals surface area (Å²) in [5.41, 5.74) is 0.370. The van der Waals surface area contributed by atoms with Gasteiger partial charge in [0.2, 0.25) is 0 Å². The highest BCUT2D eigenvalue weighted by Crippen LogP contribution is 2.26. The lowest BCUT2D eigenvalue weighted by Gasteiger charge is -2.11. The minimum Gasteiger partial charge on any atom is -0.497 e. The second-order valence-corrected chi connectivity index (χ2v) is 5.60. The van der Waals surface area contributed by atoms with E-state index in [0.29, 0.717) is 30.3 Å². The Labute approximate surface area is 152 Å². The molecule has 0 aliphatic rings. The van der Waals surface area contributed by atoms with E-state index in [-0.39, 0.29) is 0 Å². The van der Waals surface area contributed by atoms with E-state index in [1.165, 1.54) is 0 Å². The van der Waals surface area contributed by atoms with E-state index in [0.717, 1.165) is 16.5 Å². The molecule has 0 saturated heterocycles. The summed E-state index contributed by atoms with van der Waals surface area (Å²) in [5.74, 6) is 1.21. The van der Waals surface area contributed by atoms with Gasteiger partial charge < -0.3 is 18.9 Å². The molecule has 0 radical (unpaired) electrons. The molecule has 3 aromatic rings. The summed E-state index contributed by atoms with van der Waals surface area (Å²) in [7, 11) is 3.21.